The van der Waals surface area contributed by atoms with E-state index >= 15 is 0 Å². The van der Waals surface area contributed by atoms with Crippen molar-refractivity contribution in [1.29, 1.82) is 0 Å². The van der Waals surface area contributed by atoms with Crippen molar-refractivity contribution in [2.75, 3.05) is 32.2 Å². The second kappa shape index (κ2) is 12.8. The molecule has 13 heteroatoms. The van der Waals surface area contributed by atoms with Crippen LogP contribution in [0.25, 0.3) is 6.08 Å². The molecule has 190 valence electrons. The highest BCUT2D eigenvalue weighted by atomic mass is 127. The molecule has 0 atom stereocenters. The van der Waals surface area contributed by atoms with Crippen molar-refractivity contribution in [1.82, 2.24) is 4.90 Å². The largest absolute Gasteiger partial charge is 0.490 e. The Morgan fingerprint density at radius 3 is 2.64 bits per heavy atom. The Bertz CT molecular complexity index is 1260. The average Bonchev–Trinajstić information content (AvgIpc) is 3.08. The third-order valence-corrected chi connectivity index (χ3v) is 7.51. The highest BCUT2D eigenvalue weighted by Crippen LogP contribution is 2.37. The van der Waals surface area contributed by atoms with Crippen LogP contribution in [0.15, 0.2) is 39.7 Å². The van der Waals surface area contributed by atoms with E-state index in [1.165, 1.54) is 13.2 Å². The van der Waals surface area contributed by atoms with Gasteiger partial charge in [-0.15, -0.1) is 0 Å². The van der Waals surface area contributed by atoms with Gasteiger partial charge in [0.05, 0.1) is 27.2 Å². The standard InChI is InChI=1S/C23H19BrClIN2O7S/c1-3-34-17-7-12(6-16(26)21(17)35-11-20(30)33-2)8-18-22(31)28(23(32)36-18)10-19(29)27-13-4-5-14(24)15(25)9-13/h4-9H,3,10-11H2,1-2H3,(H,27,29)/b18-8+. The Morgan fingerprint density at radius 1 is 1.22 bits per heavy atom. The van der Waals surface area contributed by atoms with Crippen molar-refractivity contribution in [3.63, 3.8) is 0 Å². The number of benzene rings is 2. The van der Waals surface area contributed by atoms with Crippen LogP contribution < -0.4 is 14.8 Å². The highest BCUT2D eigenvalue weighted by Gasteiger charge is 2.36. The van der Waals surface area contributed by atoms with Gasteiger partial charge in [-0.2, -0.15) is 0 Å². The van der Waals surface area contributed by atoms with Crippen LogP contribution in [0.3, 0.4) is 0 Å². The lowest BCUT2D eigenvalue weighted by atomic mass is 10.2. The molecule has 3 amide bonds. The monoisotopic (exact) mass is 708 g/mol. The van der Waals surface area contributed by atoms with E-state index < -0.39 is 29.6 Å². The lowest BCUT2D eigenvalue weighted by Gasteiger charge is -2.14. The molecule has 1 fully saturated rings. The van der Waals surface area contributed by atoms with Gasteiger partial charge < -0.3 is 19.5 Å². The molecule has 3 rings (SSSR count). The molecule has 1 saturated heterocycles. The number of methoxy groups -OCH3 is 1. The van der Waals surface area contributed by atoms with Gasteiger partial charge >= 0.3 is 5.97 Å². The Kier molecular flexibility index (Phi) is 10.0. The second-order valence-electron chi connectivity index (χ2n) is 7.07. The molecule has 0 spiro atoms. The van der Waals surface area contributed by atoms with Gasteiger partial charge in [0, 0.05) is 10.2 Å². The van der Waals surface area contributed by atoms with Crippen LogP contribution in [0.1, 0.15) is 12.5 Å². The minimum absolute atomic E-state index is 0.154. The van der Waals surface area contributed by atoms with Crippen molar-refractivity contribution in [2.45, 2.75) is 6.92 Å². The Morgan fingerprint density at radius 2 is 1.97 bits per heavy atom. The quantitative estimate of drug-likeness (QED) is 0.211. The first-order chi connectivity index (χ1) is 17.1. The molecule has 0 bridgehead atoms. The molecule has 36 heavy (non-hydrogen) atoms. The molecule has 0 aliphatic carbocycles. The van der Waals surface area contributed by atoms with Crippen molar-refractivity contribution >= 4 is 96.7 Å². The maximum Gasteiger partial charge on any atom is 0.343 e. The number of carbonyl (C=O) groups excluding carboxylic acids is 4. The van der Waals surface area contributed by atoms with E-state index in [-0.39, 0.29) is 11.5 Å². The zero-order valence-electron chi connectivity index (χ0n) is 18.9. The number of hydrogen-bond donors (Lipinski definition) is 1. The number of thioether (sulfide) groups is 1. The summed E-state index contributed by atoms with van der Waals surface area (Å²) in [4.78, 5) is 50.3. The number of ether oxygens (including phenoxy) is 3. The molecule has 2 aromatic rings. The summed E-state index contributed by atoms with van der Waals surface area (Å²) in [6.07, 6.45) is 1.53. The van der Waals surface area contributed by atoms with Crippen molar-refractivity contribution in [3.05, 3.63) is 53.9 Å². The molecule has 1 aliphatic heterocycles. The fraction of sp³-hybridized carbons (Fsp3) is 0.217. The summed E-state index contributed by atoms with van der Waals surface area (Å²) in [7, 11) is 1.26. The number of esters is 1. The molecule has 9 nitrogen and oxygen atoms in total. The van der Waals surface area contributed by atoms with Gasteiger partial charge in [-0.25, -0.2) is 4.79 Å². The van der Waals surface area contributed by atoms with Gasteiger partial charge in [0.15, 0.2) is 18.1 Å². The predicted octanol–water partition coefficient (Wildman–Crippen LogP) is 5.33. The van der Waals surface area contributed by atoms with Crippen LogP contribution in [0.4, 0.5) is 10.5 Å². The van der Waals surface area contributed by atoms with Gasteiger partial charge in [0.1, 0.15) is 6.54 Å². The van der Waals surface area contributed by atoms with Crippen molar-refractivity contribution < 1.29 is 33.4 Å². The number of nitrogens with one attached hydrogen (secondary N) is 1. The Balaban J connectivity index is 1.76. The van der Waals surface area contributed by atoms with Crippen LogP contribution in [0.5, 0.6) is 11.5 Å². The fourth-order valence-corrected chi connectivity index (χ4v) is 5.02. The van der Waals surface area contributed by atoms with Crippen LogP contribution in [-0.2, 0) is 19.1 Å². The zero-order chi connectivity index (χ0) is 26.4. The van der Waals surface area contributed by atoms with Crippen LogP contribution in [-0.4, -0.2) is 54.8 Å². The molecular weight excluding hydrogens is 691 g/mol. The minimum Gasteiger partial charge on any atom is -0.490 e. The van der Waals surface area contributed by atoms with E-state index in [9.17, 15) is 19.2 Å². The number of carbonyl (C=O) groups is 4. The first-order valence-corrected chi connectivity index (χ1v) is 13.4. The molecule has 0 saturated carbocycles. The predicted molar refractivity (Wildman–Crippen MR) is 148 cm³/mol. The third kappa shape index (κ3) is 7.14. The SMILES string of the molecule is CCOc1cc(/C=C2/SC(=O)N(CC(=O)Nc3ccc(Br)c(Cl)c3)C2=O)cc(I)c1OCC(=O)OC. The lowest BCUT2D eigenvalue weighted by Crippen LogP contribution is -2.36. The highest BCUT2D eigenvalue weighted by molar-refractivity contribution is 14.1. The summed E-state index contributed by atoms with van der Waals surface area (Å²) in [6, 6.07) is 8.21. The summed E-state index contributed by atoms with van der Waals surface area (Å²) in [6.45, 7) is 1.39. The van der Waals surface area contributed by atoms with E-state index in [0.717, 1.165) is 16.7 Å². The first-order valence-electron chi connectivity index (χ1n) is 10.3. The molecule has 1 N–H and O–H groups in total. The van der Waals surface area contributed by atoms with E-state index in [1.807, 2.05) is 22.6 Å². The molecule has 0 aromatic heterocycles. The minimum atomic E-state index is -0.590. The normalized spacial score (nSPS) is 14.2. The average molecular weight is 710 g/mol. The van der Waals surface area contributed by atoms with E-state index in [4.69, 9.17) is 21.1 Å². The second-order valence-corrected chi connectivity index (χ2v) is 10.5. The van der Waals surface area contributed by atoms with Crippen molar-refractivity contribution in [2.24, 2.45) is 0 Å². The zero-order valence-corrected chi connectivity index (χ0v) is 24.2. The number of hydrogen-bond acceptors (Lipinski definition) is 8. The van der Waals surface area contributed by atoms with Gasteiger partial charge in [0.25, 0.3) is 11.1 Å². The molecule has 0 radical (unpaired) electrons. The Labute approximate surface area is 238 Å². The number of rotatable bonds is 9. The number of amides is 3. The molecular formula is C23H19BrClIN2O7S. The van der Waals surface area contributed by atoms with Gasteiger partial charge in [0.2, 0.25) is 5.91 Å². The van der Waals surface area contributed by atoms with Gasteiger partial charge in [-0.1, -0.05) is 11.6 Å². The summed E-state index contributed by atoms with van der Waals surface area (Å²) < 4.78 is 17.1. The lowest BCUT2D eigenvalue weighted by molar-refractivity contribution is -0.143. The molecule has 2 aromatic carbocycles. The van der Waals surface area contributed by atoms with Crippen molar-refractivity contribution in [3.8, 4) is 11.5 Å². The fourth-order valence-electron chi connectivity index (χ4n) is 2.97. The number of halogens is 3. The summed E-state index contributed by atoms with van der Waals surface area (Å²) in [5.41, 5.74) is 1.01. The molecule has 0 unspecified atom stereocenters. The third-order valence-electron chi connectivity index (χ3n) is 4.57. The van der Waals surface area contributed by atoms with E-state index in [1.54, 1.807) is 37.3 Å². The maximum atomic E-state index is 12.9. The number of anilines is 1. The first kappa shape index (κ1) is 28.3. The van der Waals surface area contributed by atoms with E-state index in [2.05, 4.69) is 26.0 Å². The molecule has 1 aliphatic rings. The summed E-state index contributed by atoms with van der Waals surface area (Å²) >= 11 is 12.1. The van der Waals surface area contributed by atoms with Gasteiger partial charge in [-0.05, 0) is 99.2 Å². The van der Waals surface area contributed by atoms with Crippen LogP contribution in [0, 0.1) is 3.57 Å². The smallest absolute Gasteiger partial charge is 0.343 e. The Hall–Kier alpha value is -2.29. The van der Waals surface area contributed by atoms with E-state index in [0.29, 0.717) is 42.4 Å². The number of imide groups is 1. The van der Waals surface area contributed by atoms with Crippen LogP contribution >= 0.6 is 61.9 Å². The van der Waals surface area contributed by atoms with Crippen LogP contribution in [0.2, 0.25) is 5.02 Å². The topological polar surface area (TPSA) is 111 Å². The summed E-state index contributed by atoms with van der Waals surface area (Å²) in [5, 5.41) is 2.46. The summed E-state index contributed by atoms with van der Waals surface area (Å²) in [5.74, 6) is -0.951. The molecule has 1 heterocycles. The number of nitrogens with zero attached hydrogens (tertiary/aromatic N) is 1. The maximum absolute atomic E-state index is 12.9. The van der Waals surface area contributed by atoms with Gasteiger partial charge in [-0.3, -0.25) is 19.3 Å².